The van der Waals surface area contributed by atoms with Crippen LogP contribution in [0.1, 0.15) is 24.9 Å². The molecule has 4 nitrogen and oxygen atoms in total. The lowest BCUT2D eigenvalue weighted by Crippen LogP contribution is -1.98. The molecule has 0 unspecified atom stereocenters. The van der Waals surface area contributed by atoms with Crippen molar-refractivity contribution in [3.05, 3.63) is 42.0 Å². The van der Waals surface area contributed by atoms with Crippen LogP contribution in [-0.4, -0.2) is 19.9 Å². The monoisotopic (exact) mass is 306 g/mol. The van der Waals surface area contributed by atoms with Gasteiger partial charge in [-0.25, -0.2) is 23.7 Å². The van der Waals surface area contributed by atoms with Gasteiger partial charge in [0.1, 0.15) is 5.03 Å². The van der Waals surface area contributed by atoms with Gasteiger partial charge >= 0.3 is 0 Å². The molecule has 0 saturated carbocycles. The molecule has 3 rings (SSSR count). The summed E-state index contributed by atoms with van der Waals surface area (Å²) < 4.78 is 25.8. The molecule has 1 aromatic carbocycles. The van der Waals surface area contributed by atoms with Crippen molar-refractivity contribution in [2.24, 2.45) is 0 Å². The Hall–Kier alpha value is -2.02. The van der Waals surface area contributed by atoms with Gasteiger partial charge in [-0.05, 0) is 24.2 Å². The van der Waals surface area contributed by atoms with E-state index in [1.165, 1.54) is 11.8 Å². The topological polar surface area (TPSA) is 54.5 Å². The number of hydrogen-bond acceptors (Lipinski definition) is 4. The van der Waals surface area contributed by atoms with E-state index in [-0.39, 0.29) is 0 Å². The van der Waals surface area contributed by atoms with Crippen molar-refractivity contribution < 1.29 is 8.78 Å². The highest BCUT2D eigenvalue weighted by Crippen LogP contribution is 2.31. The maximum absolute atomic E-state index is 12.9. The lowest BCUT2D eigenvalue weighted by molar-refractivity contribution is 0.140. The molecular weight excluding hydrogens is 294 g/mol. The molecule has 2 heterocycles. The van der Waals surface area contributed by atoms with Gasteiger partial charge in [0, 0.05) is 17.3 Å². The predicted molar refractivity (Wildman–Crippen MR) is 76.6 cm³/mol. The van der Waals surface area contributed by atoms with Crippen molar-refractivity contribution >= 4 is 22.7 Å². The number of hydrogen-bond donors (Lipinski definition) is 1. The Bertz CT molecular complexity index is 773. The lowest BCUT2D eigenvalue weighted by Gasteiger charge is -2.06. The van der Waals surface area contributed by atoms with E-state index in [4.69, 9.17) is 0 Å². The summed E-state index contributed by atoms with van der Waals surface area (Å²) >= 11 is 1.23. The summed E-state index contributed by atoms with van der Waals surface area (Å²) in [6.07, 6.45) is -0.128. The Morgan fingerprint density at radius 1 is 1.24 bits per heavy atom. The van der Waals surface area contributed by atoms with E-state index in [1.54, 1.807) is 18.3 Å². The van der Waals surface area contributed by atoms with E-state index in [0.717, 1.165) is 17.5 Å². The van der Waals surface area contributed by atoms with Gasteiger partial charge in [-0.1, -0.05) is 25.1 Å². The highest BCUT2D eigenvalue weighted by molar-refractivity contribution is 7.99. The maximum atomic E-state index is 12.9. The molecule has 0 radical (unpaired) electrons. The number of rotatable bonds is 4. The number of nitrogens with zero attached hydrogens (tertiary/aromatic N) is 3. The minimum atomic E-state index is -2.70. The molecule has 2 aromatic heterocycles. The van der Waals surface area contributed by atoms with Crippen LogP contribution in [0.3, 0.4) is 0 Å². The van der Waals surface area contributed by atoms with Crippen LogP contribution in [0.25, 0.3) is 10.9 Å². The van der Waals surface area contributed by atoms with E-state index < -0.39 is 12.2 Å². The fourth-order valence-corrected chi connectivity index (χ4v) is 2.79. The summed E-state index contributed by atoms with van der Waals surface area (Å²) in [4.78, 5) is 15.2. The number of alkyl halides is 2. The SMILES string of the molecule is CCc1cnc(Sc2nc(C(F)F)nc3ccccc23)[nH]1. The first kappa shape index (κ1) is 13.9. The quantitative estimate of drug-likeness (QED) is 0.740. The molecule has 0 aliphatic carbocycles. The number of H-pyrrole nitrogens is 1. The van der Waals surface area contributed by atoms with Gasteiger partial charge in [0.25, 0.3) is 6.43 Å². The minimum Gasteiger partial charge on any atom is -0.337 e. The molecule has 7 heteroatoms. The van der Waals surface area contributed by atoms with Gasteiger partial charge in [0.15, 0.2) is 11.0 Å². The summed E-state index contributed by atoms with van der Waals surface area (Å²) in [7, 11) is 0. The Kier molecular flexibility index (Phi) is 3.83. The number of halogens is 2. The molecule has 108 valence electrons. The van der Waals surface area contributed by atoms with Gasteiger partial charge in [0.05, 0.1) is 5.52 Å². The fourth-order valence-electron chi connectivity index (χ4n) is 1.90. The Morgan fingerprint density at radius 3 is 2.76 bits per heavy atom. The third-order valence-electron chi connectivity index (χ3n) is 2.96. The second kappa shape index (κ2) is 5.77. The van der Waals surface area contributed by atoms with Crippen molar-refractivity contribution in [2.75, 3.05) is 0 Å². The number of aromatic nitrogens is 4. The van der Waals surface area contributed by atoms with Crippen LogP contribution in [0.5, 0.6) is 0 Å². The summed E-state index contributed by atoms with van der Waals surface area (Å²) in [6.45, 7) is 2.01. The molecule has 3 aromatic rings. The van der Waals surface area contributed by atoms with Gasteiger partial charge in [-0.2, -0.15) is 0 Å². The summed E-state index contributed by atoms with van der Waals surface area (Å²) in [6, 6.07) is 7.11. The molecule has 0 atom stereocenters. The molecule has 0 aliphatic heterocycles. The van der Waals surface area contributed by atoms with Crippen LogP contribution >= 0.6 is 11.8 Å². The van der Waals surface area contributed by atoms with Crippen LogP contribution in [0.15, 0.2) is 40.6 Å². The summed E-state index contributed by atoms with van der Waals surface area (Å²) in [5.74, 6) is -0.460. The molecule has 0 aliphatic rings. The fraction of sp³-hybridized carbons (Fsp3) is 0.214. The van der Waals surface area contributed by atoms with Crippen LogP contribution in [0.2, 0.25) is 0 Å². The number of nitrogens with one attached hydrogen (secondary N) is 1. The normalized spacial score (nSPS) is 11.4. The zero-order valence-corrected chi connectivity index (χ0v) is 12.0. The molecule has 0 fully saturated rings. The van der Waals surface area contributed by atoms with Crippen molar-refractivity contribution in [3.8, 4) is 0 Å². The Labute approximate surface area is 124 Å². The second-order valence-electron chi connectivity index (χ2n) is 4.37. The van der Waals surface area contributed by atoms with E-state index >= 15 is 0 Å². The number of fused-ring (bicyclic) bond motifs is 1. The van der Waals surface area contributed by atoms with Crippen molar-refractivity contribution in [3.63, 3.8) is 0 Å². The van der Waals surface area contributed by atoms with Crippen molar-refractivity contribution in [1.82, 2.24) is 19.9 Å². The zero-order chi connectivity index (χ0) is 14.8. The first-order valence-corrected chi connectivity index (χ1v) is 7.25. The average molecular weight is 306 g/mol. The third-order valence-corrected chi connectivity index (χ3v) is 3.87. The van der Waals surface area contributed by atoms with Crippen LogP contribution in [0, 0.1) is 0 Å². The largest absolute Gasteiger partial charge is 0.337 e. The molecule has 0 saturated heterocycles. The van der Waals surface area contributed by atoms with Crippen molar-refractivity contribution in [2.45, 2.75) is 30.0 Å². The van der Waals surface area contributed by atoms with Crippen LogP contribution in [0.4, 0.5) is 8.78 Å². The molecule has 0 spiro atoms. The van der Waals surface area contributed by atoms with E-state index in [9.17, 15) is 8.78 Å². The number of benzene rings is 1. The zero-order valence-electron chi connectivity index (χ0n) is 11.2. The highest BCUT2D eigenvalue weighted by atomic mass is 32.2. The first-order chi connectivity index (χ1) is 10.2. The van der Waals surface area contributed by atoms with E-state index in [0.29, 0.717) is 15.7 Å². The average Bonchev–Trinajstić information content (AvgIpc) is 2.94. The van der Waals surface area contributed by atoms with E-state index in [1.807, 2.05) is 19.1 Å². The molecule has 1 N–H and O–H groups in total. The highest BCUT2D eigenvalue weighted by Gasteiger charge is 2.16. The van der Waals surface area contributed by atoms with Crippen LogP contribution < -0.4 is 0 Å². The number of para-hydroxylation sites is 1. The Balaban J connectivity index is 2.06. The van der Waals surface area contributed by atoms with Crippen molar-refractivity contribution in [1.29, 1.82) is 0 Å². The van der Waals surface area contributed by atoms with Gasteiger partial charge in [-0.3, -0.25) is 0 Å². The second-order valence-corrected chi connectivity index (χ2v) is 5.35. The van der Waals surface area contributed by atoms with E-state index in [2.05, 4.69) is 19.9 Å². The van der Waals surface area contributed by atoms with Crippen LogP contribution in [-0.2, 0) is 6.42 Å². The molecular formula is C14H12F2N4S. The summed E-state index contributed by atoms with van der Waals surface area (Å²) in [5.41, 5.74) is 1.50. The number of aryl methyl sites for hydroxylation is 1. The first-order valence-electron chi connectivity index (χ1n) is 6.44. The molecule has 0 bridgehead atoms. The number of aromatic amines is 1. The molecule has 21 heavy (non-hydrogen) atoms. The maximum Gasteiger partial charge on any atom is 0.297 e. The number of imidazole rings is 1. The lowest BCUT2D eigenvalue weighted by atomic mass is 10.2. The minimum absolute atomic E-state index is 0.460. The summed E-state index contributed by atoms with van der Waals surface area (Å²) in [5, 5.41) is 1.85. The van der Waals surface area contributed by atoms with Gasteiger partial charge in [0.2, 0.25) is 0 Å². The molecule has 0 amide bonds. The van der Waals surface area contributed by atoms with Gasteiger partial charge < -0.3 is 4.98 Å². The van der Waals surface area contributed by atoms with Gasteiger partial charge in [-0.15, -0.1) is 0 Å². The predicted octanol–water partition coefficient (Wildman–Crippen LogP) is 4.00. The standard InChI is InChI=1S/C14H12F2N4S/c1-2-8-7-17-14(18-8)21-13-9-5-3-4-6-10(9)19-12(20-13)11(15)16/h3-7,11H,2H2,1H3,(H,17,18). The Morgan fingerprint density at radius 2 is 2.05 bits per heavy atom. The third kappa shape index (κ3) is 2.87. The smallest absolute Gasteiger partial charge is 0.297 e.